The minimum atomic E-state index is -0.515. The molecule has 1 saturated heterocycles. The molecule has 0 aliphatic carbocycles. The van der Waals surface area contributed by atoms with Gasteiger partial charge in [0.2, 0.25) is 0 Å². The van der Waals surface area contributed by atoms with Crippen LogP contribution < -0.4 is 0 Å². The van der Waals surface area contributed by atoms with E-state index in [-0.39, 0.29) is 0 Å². The molecule has 0 aromatic heterocycles. The first kappa shape index (κ1) is 14.5. The largest absolute Gasteiger partial charge is 0.390 e. The molecular formula is C17H27NO. The maximum atomic E-state index is 10.0. The lowest BCUT2D eigenvalue weighted by Gasteiger charge is -2.25. The fourth-order valence-electron chi connectivity index (χ4n) is 2.92. The van der Waals surface area contributed by atoms with Gasteiger partial charge < -0.3 is 10.0 Å². The van der Waals surface area contributed by atoms with E-state index < -0.39 is 5.60 Å². The lowest BCUT2D eigenvalue weighted by molar-refractivity contribution is 0.0210. The molecule has 1 aromatic rings. The molecule has 1 atom stereocenters. The highest BCUT2D eigenvalue weighted by atomic mass is 16.3. The second-order valence-corrected chi connectivity index (χ2v) is 6.38. The van der Waals surface area contributed by atoms with Crippen molar-refractivity contribution in [2.24, 2.45) is 5.92 Å². The van der Waals surface area contributed by atoms with Gasteiger partial charge in [-0.25, -0.2) is 0 Å². The molecular weight excluding hydrogens is 234 g/mol. The number of hydrogen-bond donors (Lipinski definition) is 1. The maximum absolute atomic E-state index is 10.0. The molecule has 1 aliphatic heterocycles. The summed E-state index contributed by atoms with van der Waals surface area (Å²) in [5.41, 5.74) is 0.928. The summed E-state index contributed by atoms with van der Waals surface area (Å²) in [6, 6.07) is 10.7. The number of rotatable bonds is 6. The molecule has 0 amide bonds. The van der Waals surface area contributed by atoms with Gasteiger partial charge in [0, 0.05) is 12.5 Å². The molecule has 1 aliphatic rings. The van der Waals surface area contributed by atoms with E-state index in [1.165, 1.54) is 31.4 Å². The summed E-state index contributed by atoms with van der Waals surface area (Å²) in [5, 5.41) is 10.0. The third-order valence-electron chi connectivity index (χ3n) is 4.30. The number of benzene rings is 1. The van der Waals surface area contributed by atoms with E-state index >= 15 is 0 Å². The first-order chi connectivity index (χ1) is 9.05. The Kier molecular flexibility index (Phi) is 5.00. The number of likely N-dealkylation sites (tertiary alicyclic amines) is 1. The summed E-state index contributed by atoms with van der Waals surface area (Å²) in [5.74, 6) is 0.446. The van der Waals surface area contributed by atoms with Crippen LogP contribution >= 0.6 is 0 Å². The highest BCUT2D eigenvalue weighted by Crippen LogP contribution is 2.27. The van der Waals surface area contributed by atoms with E-state index in [2.05, 4.69) is 35.2 Å². The molecule has 2 rings (SSSR count). The average molecular weight is 261 g/mol. The fourth-order valence-corrected chi connectivity index (χ4v) is 2.92. The van der Waals surface area contributed by atoms with Gasteiger partial charge in [-0.05, 0) is 58.2 Å². The third kappa shape index (κ3) is 4.63. The Labute approximate surface area is 117 Å². The van der Waals surface area contributed by atoms with Gasteiger partial charge in [0.05, 0.1) is 5.60 Å². The van der Waals surface area contributed by atoms with Crippen LogP contribution in [0.25, 0.3) is 0 Å². The predicted octanol–water partition coefficient (Wildman–Crippen LogP) is 3.10. The van der Waals surface area contributed by atoms with Crippen molar-refractivity contribution < 1.29 is 5.11 Å². The maximum Gasteiger partial charge on any atom is 0.0632 e. The van der Waals surface area contributed by atoms with Gasteiger partial charge in [-0.15, -0.1) is 0 Å². The third-order valence-corrected chi connectivity index (χ3v) is 4.30. The molecule has 1 heterocycles. The van der Waals surface area contributed by atoms with Gasteiger partial charge in [-0.1, -0.05) is 30.3 Å². The van der Waals surface area contributed by atoms with Crippen LogP contribution in [0.4, 0.5) is 0 Å². The molecule has 0 radical (unpaired) electrons. The van der Waals surface area contributed by atoms with Crippen molar-refractivity contribution in [1.82, 2.24) is 4.90 Å². The summed E-state index contributed by atoms with van der Waals surface area (Å²) in [4.78, 5) is 2.51. The number of aliphatic hydroxyl groups is 1. The number of nitrogens with zero attached hydrogens (tertiary/aromatic N) is 1. The first-order valence-corrected chi connectivity index (χ1v) is 7.54. The lowest BCUT2D eigenvalue weighted by Crippen LogP contribution is -2.33. The molecule has 106 valence electrons. The molecule has 1 fully saturated rings. The van der Waals surface area contributed by atoms with Crippen molar-refractivity contribution >= 4 is 0 Å². The van der Waals surface area contributed by atoms with Crippen molar-refractivity contribution in [3.05, 3.63) is 35.9 Å². The van der Waals surface area contributed by atoms with Crippen LogP contribution in [0.3, 0.4) is 0 Å². The van der Waals surface area contributed by atoms with Crippen LogP contribution in [0.2, 0.25) is 0 Å². The summed E-state index contributed by atoms with van der Waals surface area (Å²) >= 11 is 0. The SMILES string of the molecule is CC(C)(O)C1CCN(CCCCc2ccccc2)C1. The Morgan fingerprint density at radius 1 is 1.21 bits per heavy atom. The van der Waals surface area contributed by atoms with Crippen molar-refractivity contribution in [3.63, 3.8) is 0 Å². The van der Waals surface area contributed by atoms with Crippen molar-refractivity contribution in [3.8, 4) is 0 Å². The molecule has 2 nitrogen and oxygen atoms in total. The first-order valence-electron chi connectivity index (χ1n) is 7.54. The van der Waals surface area contributed by atoms with Crippen molar-refractivity contribution in [2.75, 3.05) is 19.6 Å². The Morgan fingerprint density at radius 3 is 2.58 bits per heavy atom. The Morgan fingerprint density at radius 2 is 1.95 bits per heavy atom. The summed E-state index contributed by atoms with van der Waals surface area (Å²) in [6.07, 6.45) is 4.84. The van der Waals surface area contributed by atoms with Crippen LogP contribution in [0.1, 0.15) is 38.7 Å². The molecule has 19 heavy (non-hydrogen) atoms. The van der Waals surface area contributed by atoms with E-state index in [1.807, 2.05) is 13.8 Å². The Bertz CT molecular complexity index is 369. The highest BCUT2D eigenvalue weighted by molar-refractivity contribution is 5.14. The van der Waals surface area contributed by atoms with E-state index in [0.29, 0.717) is 5.92 Å². The van der Waals surface area contributed by atoms with Crippen LogP contribution in [0.15, 0.2) is 30.3 Å². The van der Waals surface area contributed by atoms with Crippen molar-refractivity contribution in [2.45, 2.75) is 45.1 Å². The molecule has 0 saturated carbocycles. The van der Waals surface area contributed by atoms with Gasteiger partial charge in [0.25, 0.3) is 0 Å². The van der Waals surface area contributed by atoms with Gasteiger partial charge in [-0.2, -0.15) is 0 Å². The molecule has 0 spiro atoms. The van der Waals surface area contributed by atoms with E-state index in [4.69, 9.17) is 0 Å². The zero-order chi connectivity index (χ0) is 13.7. The minimum absolute atomic E-state index is 0.446. The van der Waals surface area contributed by atoms with E-state index in [1.54, 1.807) is 0 Å². The van der Waals surface area contributed by atoms with Crippen LogP contribution in [-0.4, -0.2) is 35.2 Å². The molecule has 2 heteroatoms. The smallest absolute Gasteiger partial charge is 0.0632 e. The molecule has 1 unspecified atom stereocenters. The highest BCUT2D eigenvalue weighted by Gasteiger charge is 2.32. The molecule has 0 bridgehead atoms. The number of hydrogen-bond acceptors (Lipinski definition) is 2. The molecule has 1 aromatic carbocycles. The summed E-state index contributed by atoms with van der Waals surface area (Å²) < 4.78 is 0. The monoisotopic (exact) mass is 261 g/mol. The average Bonchev–Trinajstić information content (AvgIpc) is 2.85. The van der Waals surface area contributed by atoms with Crippen molar-refractivity contribution in [1.29, 1.82) is 0 Å². The van der Waals surface area contributed by atoms with Crippen LogP contribution in [0.5, 0.6) is 0 Å². The fraction of sp³-hybridized carbons (Fsp3) is 0.647. The Hall–Kier alpha value is -0.860. The van der Waals surface area contributed by atoms with Gasteiger partial charge in [-0.3, -0.25) is 0 Å². The Balaban J connectivity index is 1.62. The number of unbranched alkanes of at least 4 members (excludes halogenated alkanes) is 1. The van der Waals surface area contributed by atoms with E-state index in [0.717, 1.165) is 19.5 Å². The zero-order valence-corrected chi connectivity index (χ0v) is 12.3. The quantitative estimate of drug-likeness (QED) is 0.795. The second kappa shape index (κ2) is 6.53. The standard InChI is InChI=1S/C17H27NO/c1-17(2,19)16-11-13-18(14-16)12-7-6-10-15-8-4-3-5-9-15/h3-5,8-9,16,19H,6-7,10-14H2,1-2H3. The lowest BCUT2D eigenvalue weighted by atomic mass is 9.90. The van der Waals surface area contributed by atoms with Crippen LogP contribution in [0, 0.1) is 5.92 Å². The van der Waals surface area contributed by atoms with Gasteiger partial charge >= 0.3 is 0 Å². The summed E-state index contributed by atoms with van der Waals surface area (Å²) in [6.45, 7) is 7.28. The second-order valence-electron chi connectivity index (χ2n) is 6.38. The van der Waals surface area contributed by atoms with E-state index in [9.17, 15) is 5.11 Å². The zero-order valence-electron chi connectivity index (χ0n) is 12.3. The summed E-state index contributed by atoms with van der Waals surface area (Å²) in [7, 11) is 0. The topological polar surface area (TPSA) is 23.5 Å². The number of aryl methyl sites for hydroxylation is 1. The van der Waals surface area contributed by atoms with Gasteiger partial charge in [0.15, 0.2) is 0 Å². The van der Waals surface area contributed by atoms with Gasteiger partial charge in [0.1, 0.15) is 0 Å². The minimum Gasteiger partial charge on any atom is -0.390 e. The van der Waals surface area contributed by atoms with Crippen LogP contribution in [-0.2, 0) is 6.42 Å². The normalized spacial score (nSPS) is 20.9. The predicted molar refractivity (Wildman–Crippen MR) is 80.2 cm³/mol. The molecule has 1 N–H and O–H groups in total.